The third-order valence-electron chi connectivity index (χ3n) is 1.75. The minimum absolute atomic E-state index is 0.00535. The van der Waals surface area contributed by atoms with Crippen LogP contribution in [0, 0.1) is 17.7 Å². The molecule has 0 aliphatic rings. The van der Waals surface area contributed by atoms with Crippen molar-refractivity contribution < 1.29 is 19.0 Å². The Labute approximate surface area is 100 Å². The molecule has 3 nitrogen and oxygen atoms in total. The number of rotatable bonds is 1. The Balaban J connectivity index is 2.95. The van der Waals surface area contributed by atoms with E-state index in [0.717, 1.165) is 0 Å². The summed E-state index contributed by atoms with van der Waals surface area (Å²) in [6, 6.07) is 4.09. The van der Waals surface area contributed by atoms with Crippen LogP contribution in [0.1, 0.15) is 11.7 Å². The molecule has 1 N–H and O–H groups in total. The monoisotopic (exact) mass is 286 g/mol. The summed E-state index contributed by atoms with van der Waals surface area (Å²) in [6.07, 6.45) is -1.36. The number of benzene rings is 1. The Hall–Kier alpha value is -1.38. The minimum Gasteiger partial charge on any atom is -0.459 e. The molecule has 0 spiro atoms. The second-order valence-corrected chi connectivity index (χ2v) is 3.74. The summed E-state index contributed by atoms with van der Waals surface area (Å²) in [7, 11) is 1.17. The van der Waals surface area contributed by atoms with Gasteiger partial charge in [0.05, 0.1) is 7.11 Å². The fraction of sp³-hybridized carbons (Fsp3) is 0.182. The number of carbonyl (C=O) groups is 1. The molecular weight excluding hydrogens is 279 g/mol. The SMILES string of the molecule is COC(=O)C#CC(O)c1cc(Br)ccc1F. The fourth-order valence-corrected chi connectivity index (χ4v) is 1.36. The molecule has 0 fully saturated rings. The lowest BCUT2D eigenvalue weighted by molar-refractivity contribution is -0.133. The van der Waals surface area contributed by atoms with Gasteiger partial charge in [0.2, 0.25) is 0 Å². The highest BCUT2D eigenvalue weighted by atomic mass is 79.9. The Morgan fingerprint density at radius 3 is 2.94 bits per heavy atom. The van der Waals surface area contributed by atoms with Crippen LogP contribution in [0.25, 0.3) is 0 Å². The maximum atomic E-state index is 13.3. The number of aliphatic hydroxyl groups is 1. The van der Waals surface area contributed by atoms with Gasteiger partial charge in [-0.15, -0.1) is 0 Å². The predicted octanol–water partition coefficient (Wildman–Crippen LogP) is 1.80. The van der Waals surface area contributed by atoms with Crippen molar-refractivity contribution in [1.82, 2.24) is 0 Å². The first-order valence-electron chi connectivity index (χ1n) is 4.27. The van der Waals surface area contributed by atoms with Gasteiger partial charge >= 0.3 is 5.97 Å². The van der Waals surface area contributed by atoms with Crippen molar-refractivity contribution in [2.45, 2.75) is 6.10 Å². The van der Waals surface area contributed by atoms with E-state index in [1.165, 1.54) is 25.3 Å². The lowest BCUT2D eigenvalue weighted by Gasteiger charge is -2.05. The van der Waals surface area contributed by atoms with Crippen LogP contribution in [-0.2, 0) is 9.53 Å². The van der Waals surface area contributed by atoms with Crippen molar-refractivity contribution in [3.8, 4) is 11.8 Å². The molecule has 84 valence electrons. The fourth-order valence-electron chi connectivity index (χ4n) is 0.980. The molecule has 0 radical (unpaired) electrons. The highest BCUT2D eigenvalue weighted by Crippen LogP contribution is 2.21. The van der Waals surface area contributed by atoms with Gasteiger partial charge in [-0.2, -0.15) is 0 Å². The van der Waals surface area contributed by atoms with Gasteiger partial charge in [0.25, 0.3) is 0 Å². The van der Waals surface area contributed by atoms with Crippen LogP contribution in [0.2, 0.25) is 0 Å². The molecule has 1 unspecified atom stereocenters. The third kappa shape index (κ3) is 3.33. The molecule has 0 heterocycles. The van der Waals surface area contributed by atoms with E-state index in [0.29, 0.717) is 4.47 Å². The van der Waals surface area contributed by atoms with Crippen molar-refractivity contribution in [2.24, 2.45) is 0 Å². The molecule has 1 rings (SSSR count). The number of hydrogen-bond donors (Lipinski definition) is 1. The average molecular weight is 287 g/mol. The van der Waals surface area contributed by atoms with Crippen LogP contribution in [0.4, 0.5) is 4.39 Å². The molecule has 16 heavy (non-hydrogen) atoms. The first-order valence-corrected chi connectivity index (χ1v) is 5.06. The van der Waals surface area contributed by atoms with E-state index < -0.39 is 17.9 Å². The van der Waals surface area contributed by atoms with Gasteiger partial charge in [-0.1, -0.05) is 21.9 Å². The first kappa shape index (κ1) is 12.7. The number of halogens is 2. The van der Waals surface area contributed by atoms with Gasteiger partial charge in [0.15, 0.2) is 0 Å². The molecule has 0 aliphatic carbocycles. The smallest absolute Gasteiger partial charge is 0.384 e. The Morgan fingerprint density at radius 2 is 2.31 bits per heavy atom. The van der Waals surface area contributed by atoms with Crippen LogP contribution < -0.4 is 0 Å². The maximum Gasteiger partial charge on any atom is 0.384 e. The van der Waals surface area contributed by atoms with Gasteiger partial charge in [-0.3, -0.25) is 0 Å². The number of esters is 1. The van der Waals surface area contributed by atoms with Crippen LogP contribution in [0.3, 0.4) is 0 Å². The highest BCUT2D eigenvalue weighted by Gasteiger charge is 2.10. The van der Waals surface area contributed by atoms with Crippen LogP contribution in [-0.4, -0.2) is 18.2 Å². The summed E-state index contributed by atoms with van der Waals surface area (Å²) in [6.45, 7) is 0. The molecule has 1 aromatic carbocycles. The molecule has 1 atom stereocenters. The lowest BCUT2D eigenvalue weighted by atomic mass is 10.1. The van der Waals surface area contributed by atoms with E-state index >= 15 is 0 Å². The number of methoxy groups -OCH3 is 1. The van der Waals surface area contributed by atoms with Crippen molar-refractivity contribution in [2.75, 3.05) is 7.11 Å². The summed E-state index contributed by atoms with van der Waals surface area (Å²) < 4.78 is 18.1. The van der Waals surface area contributed by atoms with Gasteiger partial charge in [0.1, 0.15) is 11.9 Å². The second-order valence-electron chi connectivity index (χ2n) is 2.83. The van der Waals surface area contributed by atoms with Gasteiger partial charge < -0.3 is 9.84 Å². The van der Waals surface area contributed by atoms with Crippen molar-refractivity contribution in [3.63, 3.8) is 0 Å². The molecule has 1 aromatic rings. The summed E-state index contributed by atoms with van der Waals surface area (Å²) in [5, 5.41) is 9.53. The summed E-state index contributed by atoms with van der Waals surface area (Å²) in [5.74, 6) is 2.85. The standard InChI is InChI=1S/C11H8BrFO3/c1-16-11(15)5-4-10(14)8-6-7(12)2-3-9(8)13/h2-3,6,10,14H,1H3. The van der Waals surface area contributed by atoms with E-state index in [-0.39, 0.29) is 5.56 Å². The van der Waals surface area contributed by atoms with Gasteiger partial charge in [-0.25, -0.2) is 9.18 Å². The van der Waals surface area contributed by atoms with E-state index in [1.807, 2.05) is 5.92 Å². The number of ether oxygens (including phenoxy) is 1. The predicted molar refractivity (Wildman–Crippen MR) is 58.9 cm³/mol. The molecule has 0 saturated heterocycles. The summed E-state index contributed by atoms with van der Waals surface area (Å²) >= 11 is 3.14. The molecule has 0 amide bonds. The van der Waals surface area contributed by atoms with Crippen molar-refractivity contribution >= 4 is 21.9 Å². The van der Waals surface area contributed by atoms with Crippen LogP contribution >= 0.6 is 15.9 Å². The first-order chi connectivity index (χ1) is 7.54. The molecule has 0 aromatic heterocycles. The quantitative estimate of drug-likeness (QED) is 0.486. The lowest BCUT2D eigenvalue weighted by Crippen LogP contribution is -2.00. The normalized spacial score (nSPS) is 11.2. The van der Waals surface area contributed by atoms with Crippen molar-refractivity contribution in [1.29, 1.82) is 0 Å². The van der Waals surface area contributed by atoms with Gasteiger partial charge in [-0.05, 0) is 18.2 Å². The maximum absolute atomic E-state index is 13.3. The van der Waals surface area contributed by atoms with E-state index in [2.05, 4.69) is 26.6 Å². The van der Waals surface area contributed by atoms with Crippen LogP contribution in [0.5, 0.6) is 0 Å². The average Bonchev–Trinajstić information content (AvgIpc) is 2.28. The Kier molecular flexibility index (Phi) is 4.47. The molecule has 5 heteroatoms. The summed E-state index contributed by atoms with van der Waals surface area (Å²) in [5.41, 5.74) is 0.00535. The molecule has 0 bridgehead atoms. The largest absolute Gasteiger partial charge is 0.459 e. The van der Waals surface area contributed by atoms with E-state index in [4.69, 9.17) is 0 Å². The zero-order chi connectivity index (χ0) is 12.1. The Bertz CT molecular complexity index is 462. The molecular formula is C11H8BrFO3. The number of carbonyl (C=O) groups excluding carboxylic acids is 1. The van der Waals surface area contributed by atoms with Crippen molar-refractivity contribution in [3.05, 3.63) is 34.1 Å². The topological polar surface area (TPSA) is 46.5 Å². The molecule has 0 aliphatic heterocycles. The number of aliphatic hydroxyl groups excluding tert-OH is 1. The van der Waals surface area contributed by atoms with E-state index in [1.54, 1.807) is 0 Å². The zero-order valence-corrected chi connectivity index (χ0v) is 9.92. The molecule has 0 saturated carbocycles. The van der Waals surface area contributed by atoms with E-state index in [9.17, 15) is 14.3 Å². The summed E-state index contributed by atoms with van der Waals surface area (Å²) in [4.78, 5) is 10.7. The van der Waals surface area contributed by atoms with Crippen LogP contribution in [0.15, 0.2) is 22.7 Å². The Morgan fingerprint density at radius 1 is 1.62 bits per heavy atom. The second kappa shape index (κ2) is 5.64. The van der Waals surface area contributed by atoms with Gasteiger partial charge in [0, 0.05) is 16.0 Å². The highest BCUT2D eigenvalue weighted by molar-refractivity contribution is 9.10. The minimum atomic E-state index is -1.36. The number of hydrogen-bond acceptors (Lipinski definition) is 3. The third-order valence-corrected chi connectivity index (χ3v) is 2.24. The zero-order valence-electron chi connectivity index (χ0n) is 8.33.